The minimum absolute atomic E-state index is 0.00987. The Bertz CT molecular complexity index is 1940. The molecule has 1 aliphatic heterocycles. The number of carbonyl (C=O) groups excluding carboxylic acids is 6. The van der Waals surface area contributed by atoms with Gasteiger partial charge in [-0.05, 0) is 49.3 Å². The first kappa shape index (κ1) is 40.8. The second kappa shape index (κ2) is 14.6. The van der Waals surface area contributed by atoms with Crippen molar-refractivity contribution in [3.63, 3.8) is 0 Å². The van der Waals surface area contributed by atoms with Gasteiger partial charge >= 0.3 is 23.9 Å². The smallest absolute Gasteiger partial charge is 0.338 e. The number of esters is 4. The molecule has 2 heterocycles. The summed E-state index contributed by atoms with van der Waals surface area (Å²) in [4.78, 5) is 81.2. The minimum Gasteiger partial charge on any atom is -0.467 e. The fraction of sp³-hybridized carbons (Fsp3) is 0.550. The van der Waals surface area contributed by atoms with Crippen LogP contribution in [0.3, 0.4) is 0 Å². The molecular weight excluding hydrogens is 734 g/mol. The van der Waals surface area contributed by atoms with Crippen molar-refractivity contribution in [1.82, 2.24) is 5.32 Å². The number of aliphatic hydroxyl groups is 3. The average Bonchev–Trinajstić information content (AvgIpc) is 3.66. The van der Waals surface area contributed by atoms with Gasteiger partial charge in [0.25, 0.3) is 0 Å². The topological polar surface area (TPSA) is 234 Å². The zero-order valence-corrected chi connectivity index (χ0v) is 32.1. The summed E-state index contributed by atoms with van der Waals surface area (Å²) in [6.45, 7) is 9.07. The number of fused-ring (bicyclic) bond motifs is 5. The van der Waals surface area contributed by atoms with Gasteiger partial charge in [-0.15, -0.1) is 0 Å². The standard InChI is InChI=1S/C40H47NO15/c1-19-25(54-36(49)30(46)29(41-20(2)42)24-14-11-15-51-24)17-40(50)34(55-35(48)23-12-9-8-10-13-23)32-38(7,26(45)16-27-39(32,18-52-27)56-22(4)44)33(47)31(53-21(3)43)28(19)37(40,5)6/h8-15,25-27,29-32,34,45-46,50H,16-18H2,1-7H3,(H,41,42)/t25-,26-,27+,29?,30+,31+,32-,34-,38+,39-,40+/m0/s1. The summed E-state index contributed by atoms with van der Waals surface area (Å²) in [6.07, 6.45) is -9.21. The first-order chi connectivity index (χ1) is 26.2. The molecule has 0 spiro atoms. The lowest BCUT2D eigenvalue weighted by Crippen LogP contribution is -2.82. The number of benzene rings is 1. The van der Waals surface area contributed by atoms with E-state index in [-0.39, 0.29) is 35.5 Å². The number of ether oxygens (including phenoxy) is 5. The van der Waals surface area contributed by atoms with E-state index in [1.165, 1.54) is 51.3 Å². The average molecular weight is 782 g/mol. The van der Waals surface area contributed by atoms with Crippen LogP contribution >= 0.6 is 0 Å². The fourth-order valence-electron chi connectivity index (χ4n) is 9.36. The maximum Gasteiger partial charge on any atom is 0.338 e. The van der Waals surface area contributed by atoms with E-state index < -0.39 is 113 Å². The van der Waals surface area contributed by atoms with Crippen molar-refractivity contribution in [2.24, 2.45) is 16.7 Å². The molecular formula is C40H47NO15. The summed E-state index contributed by atoms with van der Waals surface area (Å²) in [5.74, 6) is -6.86. The third-order valence-corrected chi connectivity index (χ3v) is 12.2. The molecule has 3 aliphatic carbocycles. The van der Waals surface area contributed by atoms with Gasteiger partial charge in [-0.3, -0.25) is 19.2 Å². The number of hydrogen-bond acceptors (Lipinski definition) is 15. The van der Waals surface area contributed by atoms with Crippen LogP contribution in [0.15, 0.2) is 64.3 Å². The first-order valence-corrected chi connectivity index (χ1v) is 18.3. The molecule has 56 heavy (non-hydrogen) atoms. The minimum atomic E-state index is -2.38. The van der Waals surface area contributed by atoms with Crippen LogP contribution in [-0.2, 0) is 47.7 Å². The molecule has 2 bridgehead atoms. The van der Waals surface area contributed by atoms with Gasteiger partial charge in [0.1, 0.15) is 35.7 Å². The van der Waals surface area contributed by atoms with Crippen molar-refractivity contribution in [2.75, 3.05) is 6.61 Å². The maximum atomic E-state index is 15.3. The molecule has 11 atom stereocenters. The largest absolute Gasteiger partial charge is 0.467 e. The van der Waals surface area contributed by atoms with Crippen molar-refractivity contribution in [3.8, 4) is 0 Å². The molecule has 16 nitrogen and oxygen atoms in total. The Hall–Kier alpha value is -4.90. The van der Waals surface area contributed by atoms with Gasteiger partial charge in [-0.1, -0.05) is 32.0 Å². The second-order valence-electron chi connectivity index (χ2n) is 15.8. The zero-order chi connectivity index (χ0) is 41.1. The van der Waals surface area contributed by atoms with Crippen LogP contribution in [0, 0.1) is 16.7 Å². The number of rotatable bonds is 9. The molecule has 4 aliphatic rings. The van der Waals surface area contributed by atoms with Crippen LogP contribution in [-0.4, -0.2) is 105 Å². The van der Waals surface area contributed by atoms with Gasteiger partial charge in [0, 0.05) is 39.0 Å². The highest BCUT2D eigenvalue weighted by Crippen LogP contribution is 2.64. The maximum absolute atomic E-state index is 15.3. The van der Waals surface area contributed by atoms with E-state index in [2.05, 4.69) is 5.32 Å². The van der Waals surface area contributed by atoms with Crippen LogP contribution in [0.1, 0.15) is 83.5 Å². The molecule has 2 aromatic rings. The number of hydrogen-bond donors (Lipinski definition) is 4. The Morgan fingerprint density at radius 1 is 0.946 bits per heavy atom. The predicted molar refractivity (Wildman–Crippen MR) is 190 cm³/mol. The van der Waals surface area contributed by atoms with E-state index in [9.17, 15) is 39.3 Å². The molecule has 1 aromatic carbocycles. The summed E-state index contributed by atoms with van der Waals surface area (Å²) in [5, 5.41) is 39.2. The van der Waals surface area contributed by atoms with Crippen molar-refractivity contribution < 1.29 is 72.2 Å². The number of aliphatic hydroxyl groups excluding tert-OH is 2. The van der Waals surface area contributed by atoms with Gasteiger partial charge in [0.15, 0.2) is 23.6 Å². The Kier molecular flexibility index (Phi) is 10.6. The number of ketones is 1. The van der Waals surface area contributed by atoms with Gasteiger partial charge in [0.05, 0.1) is 35.9 Å². The summed E-state index contributed by atoms with van der Waals surface area (Å²) in [6, 6.07) is 9.33. The lowest BCUT2D eigenvalue weighted by molar-refractivity contribution is -0.346. The monoisotopic (exact) mass is 781 g/mol. The Labute approximate surface area is 322 Å². The molecule has 1 amide bonds. The third kappa shape index (κ3) is 6.41. The Balaban J connectivity index is 1.58. The molecule has 16 heteroatoms. The molecule has 1 saturated heterocycles. The molecule has 1 unspecified atom stereocenters. The first-order valence-electron chi connectivity index (χ1n) is 18.3. The van der Waals surface area contributed by atoms with Gasteiger partial charge < -0.3 is 48.7 Å². The third-order valence-electron chi connectivity index (χ3n) is 12.2. The highest BCUT2D eigenvalue weighted by atomic mass is 16.6. The summed E-state index contributed by atoms with van der Waals surface area (Å²) in [5.41, 5.74) is -7.62. The van der Waals surface area contributed by atoms with Crippen LogP contribution in [0.25, 0.3) is 0 Å². The van der Waals surface area contributed by atoms with E-state index in [1.54, 1.807) is 32.0 Å². The lowest BCUT2D eigenvalue weighted by atomic mass is 9.44. The fourth-order valence-corrected chi connectivity index (χ4v) is 9.36. The highest BCUT2D eigenvalue weighted by Gasteiger charge is 2.78. The Morgan fingerprint density at radius 2 is 1.62 bits per heavy atom. The van der Waals surface area contributed by atoms with Crippen LogP contribution in [0.2, 0.25) is 0 Å². The SMILES string of the molecule is CC(=O)NC(c1ccco1)[C@@H](O)C(=O)O[C@H]1C[C@@]2(O)[C@@H](OC(=O)c3ccccc3)[C@@H]3[C@]4(OC(C)=O)CO[C@@H]4C[C@H](O)[C@@]3(C)C(=O)[C@H](OC(C)=O)C(=C1C)C2(C)C. The zero-order valence-electron chi connectivity index (χ0n) is 32.1. The predicted octanol–water partition coefficient (Wildman–Crippen LogP) is 2.03. The quantitative estimate of drug-likeness (QED) is 0.162. The molecule has 0 radical (unpaired) electrons. The van der Waals surface area contributed by atoms with Crippen molar-refractivity contribution in [1.29, 1.82) is 0 Å². The van der Waals surface area contributed by atoms with Crippen LogP contribution in [0.5, 0.6) is 0 Å². The van der Waals surface area contributed by atoms with Gasteiger partial charge in [-0.2, -0.15) is 0 Å². The van der Waals surface area contributed by atoms with E-state index in [1.807, 2.05) is 0 Å². The number of nitrogens with one attached hydrogen (secondary N) is 1. The van der Waals surface area contributed by atoms with Crippen molar-refractivity contribution >= 4 is 35.6 Å². The normalized spacial score (nSPS) is 34.1. The second-order valence-corrected chi connectivity index (χ2v) is 15.8. The number of carbonyl (C=O) groups is 6. The Morgan fingerprint density at radius 3 is 2.18 bits per heavy atom. The highest BCUT2D eigenvalue weighted by molar-refractivity contribution is 5.95. The van der Waals surface area contributed by atoms with E-state index in [0.717, 1.165) is 13.8 Å². The van der Waals surface area contributed by atoms with Crippen molar-refractivity contribution in [3.05, 3.63) is 71.2 Å². The van der Waals surface area contributed by atoms with E-state index >= 15 is 4.79 Å². The number of Topliss-reactive ketones (excluding diaryl/α,β-unsaturated/α-hetero) is 1. The molecule has 6 rings (SSSR count). The van der Waals surface area contributed by atoms with E-state index in [0.29, 0.717) is 0 Å². The molecule has 3 fully saturated rings. The summed E-state index contributed by atoms with van der Waals surface area (Å²) in [7, 11) is 0. The molecule has 302 valence electrons. The van der Waals surface area contributed by atoms with E-state index in [4.69, 9.17) is 28.1 Å². The van der Waals surface area contributed by atoms with Crippen LogP contribution < -0.4 is 5.32 Å². The molecule has 4 N–H and O–H groups in total. The van der Waals surface area contributed by atoms with Gasteiger partial charge in [-0.25, -0.2) is 9.59 Å². The number of furan rings is 1. The molecule has 2 saturated carbocycles. The number of amides is 1. The lowest BCUT2D eigenvalue weighted by Gasteiger charge is -2.67. The van der Waals surface area contributed by atoms with Gasteiger partial charge in [0.2, 0.25) is 5.91 Å². The summed E-state index contributed by atoms with van der Waals surface area (Å²) < 4.78 is 35.2. The summed E-state index contributed by atoms with van der Waals surface area (Å²) >= 11 is 0. The van der Waals surface area contributed by atoms with Crippen LogP contribution in [0.4, 0.5) is 0 Å². The molecule has 1 aromatic heterocycles. The van der Waals surface area contributed by atoms with Crippen molar-refractivity contribution in [2.45, 2.75) is 115 Å².